The second-order valence-corrected chi connectivity index (χ2v) is 12.9. The van der Waals surface area contributed by atoms with Crippen LogP contribution in [0.1, 0.15) is 61.8 Å². The van der Waals surface area contributed by atoms with Gasteiger partial charge in [-0.05, 0) is 99.8 Å². The van der Waals surface area contributed by atoms with Gasteiger partial charge in [0.2, 0.25) is 0 Å². The molecule has 0 fully saturated rings. The average molecular weight is 573 g/mol. The molecule has 44 heavy (non-hydrogen) atoms. The van der Waals surface area contributed by atoms with Crippen LogP contribution >= 0.6 is 0 Å². The maximum atomic E-state index is 6.92. The van der Waals surface area contributed by atoms with Gasteiger partial charge in [0.15, 0.2) is 0 Å². The number of furan rings is 1. The van der Waals surface area contributed by atoms with Crippen molar-refractivity contribution in [2.45, 2.75) is 53.4 Å². The maximum absolute atomic E-state index is 6.92. The van der Waals surface area contributed by atoms with E-state index in [0.717, 1.165) is 39.0 Å². The van der Waals surface area contributed by atoms with Crippen molar-refractivity contribution in [3.8, 4) is 17.1 Å². The number of rotatable bonds is 4. The summed E-state index contributed by atoms with van der Waals surface area (Å²) in [5, 5.41) is 7.24. The summed E-state index contributed by atoms with van der Waals surface area (Å²) in [6.45, 7) is 13.6. The van der Waals surface area contributed by atoms with Crippen LogP contribution in [0.5, 0.6) is 0 Å². The lowest BCUT2D eigenvalue weighted by molar-refractivity contribution is 0.669. The van der Waals surface area contributed by atoms with E-state index < -0.39 is 0 Å². The molecule has 8 rings (SSSR count). The van der Waals surface area contributed by atoms with Crippen molar-refractivity contribution in [3.05, 3.63) is 119 Å². The van der Waals surface area contributed by atoms with Gasteiger partial charge in [0.05, 0.1) is 22.3 Å². The Hall–Kier alpha value is -4.89. The molecule has 0 amide bonds. The number of hydrogen-bond donors (Lipinski definition) is 0. The third-order valence-electron chi connectivity index (χ3n) is 9.49. The number of aromatic nitrogens is 2. The number of hydrogen-bond acceptors (Lipinski definition) is 2. The minimum atomic E-state index is 0.353. The van der Waals surface area contributed by atoms with Gasteiger partial charge in [0.25, 0.3) is 0 Å². The molecular formula is C41H36N2O. The first-order valence-corrected chi connectivity index (χ1v) is 15.7. The van der Waals surface area contributed by atoms with E-state index in [0.29, 0.717) is 11.8 Å². The zero-order valence-electron chi connectivity index (χ0n) is 26.2. The van der Waals surface area contributed by atoms with E-state index in [-0.39, 0.29) is 0 Å². The second kappa shape index (κ2) is 9.82. The summed E-state index contributed by atoms with van der Waals surface area (Å²) in [6.07, 6.45) is 0. The van der Waals surface area contributed by atoms with Crippen LogP contribution < -0.4 is 0 Å². The van der Waals surface area contributed by atoms with Crippen molar-refractivity contribution >= 4 is 54.5 Å². The number of aryl methyl sites for hydroxylation is 2. The summed E-state index contributed by atoms with van der Waals surface area (Å²) in [5.74, 6) is 1.63. The van der Waals surface area contributed by atoms with Crippen molar-refractivity contribution in [1.82, 2.24) is 9.55 Å². The SMILES string of the molecule is Cc1cc(-c2nc3ccccc3n2-c2c(C(C)C)cccc2C(C)C)c2oc3cc4c(ccc5ccccc54)cc3c2c1C. The maximum Gasteiger partial charge on any atom is 0.149 e. The quantitative estimate of drug-likeness (QED) is 0.196. The number of fused-ring (bicyclic) bond motifs is 7. The van der Waals surface area contributed by atoms with Gasteiger partial charge in [0, 0.05) is 10.8 Å². The van der Waals surface area contributed by atoms with Crippen molar-refractivity contribution in [2.75, 3.05) is 0 Å². The fourth-order valence-corrected chi connectivity index (χ4v) is 7.12. The Balaban J connectivity index is 1.51. The van der Waals surface area contributed by atoms with E-state index in [1.165, 1.54) is 54.9 Å². The Morgan fingerprint density at radius 2 is 1.36 bits per heavy atom. The van der Waals surface area contributed by atoms with Gasteiger partial charge < -0.3 is 4.42 Å². The summed E-state index contributed by atoms with van der Waals surface area (Å²) in [7, 11) is 0. The Morgan fingerprint density at radius 3 is 2.14 bits per heavy atom. The normalized spacial score (nSPS) is 12.3. The number of benzene rings is 6. The zero-order valence-corrected chi connectivity index (χ0v) is 26.2. The predicted octanol–water partition coefficient (Wildman–Crippen LogP) is 11.8. The first-order chi connectivity index (χ1) is 21.3. The van der Waals surface area contributed by atoms with E-state index in [9.17, 15) is 0 Å². The Morgan fingerprint density at radius 1 is 0.659 bits per heavy atom. The molecule has 0 saturated carbocycles. The number of nitrogens with zero attached hydrogens (tertiary/aromatic N) is 2. The Labute approximate surface area is 257 Å². The van der Waals surface area contributed by atoms with Crippen LogP contribution in [0.3, 0.4) is 0 Å². The molecule has 8 aromatic rings. The molecule has 2 heterocycles. The lowest BCUT2D eigenvalue weighted by atomic mass is 9.92. The minimum absolute atomic E-state index is 0.353. The Bertz CT molecular complexity index is 2390. The molecule has 0 saturated heterocycles. The molecule has 0 N–H and O–H groups in total. The van der Waals surface area contributed by atoms with Crippen molar-refractivity contribution < 1.29 is 4.42 Å². The second-order valence-electron chi connectivity index (χ2n) is 12.9. The molecule has 0 aliphatic heterocycles. The molecule has 6 aromatic carbocycles. The molecule has 0 radical (unpaired) electrons. The molecule has 0 aliphatic carbocycles. The number of imidazole rings is 1. The van der Waals surface area contributed by atoms with E-state index >= 15 is 0 Å². The average Bonchev–Trinajstić information content (AvgIpc) is 3.60. The number of para-hydroxylation sites is 3. The largest absolute Gasteiger partial charge is 0.455 e. The fourth-order valence-electron chi connectivity index (χ4n) is 7.12. The predicted molar refractivity (Wildman–Crippen MR) is 186 cm³/mol. The van der Waals surface area contributed by atoms with Gasteiger partial charge in [-0.2, -0.15) is 0 Å². The van der Waals surface area contributed by atoms with Crippen LogP contribution in [0.4, 0.5) is 0 Å². The third kappa shape index (κ3) is 3.85. The summed E-state index contributed by atoms with van der Waals surface area (Å²) >= 11 is 0. The minimum Gasteiger partial charge on any atom is -0.455 e. The van der Waals surface area contributed by atoms with Crippen LogP contribution in [0, 0.1) is 13.8 Å². The van der Waals surface area contributed by atoms with Crippen molar-refractivity contribution in [1.29, 1.82) is 0 Å². The van der Waals surface area contributed by atoms with E-state index in [1.807, 2.05) is 0 Å². The van der Waals surface area contributed by atoms with E-state index in [4.69, 9.17) is 9.40 Å². The molecule has 0 spiro atoms. The highest BCUT2D eigenvalue weighted by molar-refractivity contribution is 6.18. The molecule has 0 atom stereocenters. The van der Waals surface area contributed by atoms with E-state index in [1.54, 1.807) is 0 Å². The van der Waals surface area contributed by atoms with Crippen LogP contribution in [-0.2, 0) is 0 Å². The molecule has 0 unspecified atom stereocenters. The van der Waals surface area contributed by atoms with Gasteiger partial charge in [-0.1, -0.05) is 94.4 Å². The highest BCUT2D eigenvalue weighted by Gasteiger charge is 2.25. The molecule has 0 aliphatic rings. The van der Waals surface area contributed by atoms with Crippen molar-refractivity contribution in [2.24, 2.45) is 0 Å². The van der Waals surface area contributed by atoms with Crippen molar-refractivity contribution in [3.63, 3.8) is 0 Å². The van der Waals surface area contributed by atoms with Crippen LogP contribution in [0.25, 0.3) is 71.6 Å². The van der Waals surface area contributed by atoms with Crippen LogP contribution in [0.2, 0.25) is 0 Å². The third-order valence-corrected chi connectivity index (χ3v) is 9.49. The zero-order chi connectivity index (χ0) is 30.3. The highest BCUT2D eigenvalue weighted by Crippen LogP contribution is 2.44. The monoisotopic (exact) mass is 572 g/mol. The summed E-state index contributed by atoms with van der Waals surface area (Å²) < 4.78 is 9.32. The summed E-state index contributed by atoms with van der Waals surface area (Å²) in [5.41, 5.74) is 11.3. The topological polar surface area (TPSA) is 31.0 Å². The fraction of sp³-hybridized carbons (Fsp3) is 0.195. The lowest BCUT2D eigenvalue weighted by Gasteiger charge is -2.22. The summed E-state index contributed by atoms with van der Waals surface area (Å²) in [4.78, 5) is 5.35. The van der Waals surface area contributed by atoms with Crippen LogP contribution in [0.15, 0.2) is 101 Å². The van der Waals surface area contributed by atoms with Gasteiger partial charge in [0.1, 0.15) is 17.0 Å². The standard InChI is InChI=1S/C41H36N2O/c1-23(2)29-14-11-15-30(24(3)4)39(29)43-36-17-10-9-16-35(36)42-41(43)34-20-25(5)26(6)38-33-21-28-19-18-27-12-7-8-13-31(27)32(28)22-37(33)44-40(34)38/h7-24H,1-6H3. The smallest absolute Gasteiger partial charge is 0.149 e. The highest BCUT2D eigenvalue weighted by atomic mass is 16.3. The molecular weight excluding hydrogens is 536 g/mol. The van der Waals surface area contributed by atoms with E-state index in [2.05, 4.69) is 143 Å². The van der Waals surface area contributed by atoms with Gasteiger partial charge in [-0.3, -0.25) is 4.57 Å². The molecule has 0 bridgehead atoms. The first-order valence-electron chi connectivity index (χ1n) is 15.7. The lowest BCUT2D eigenvalue weighted by Crippen LogP contribution is -2.08. The molecule has 2 aromatic heterocycles. The van der Waals surface area contributed by atoms with Crippen LogP contribution in [-0.4, -0.2) is 9.55 Å². The first kappa shape index (κ1) is 26.7. The van der Waals surface area contributed by atoms with Gasteiger partial charge in [-0.25, -0.2) is 4.98 Å². The summed E-state index contributed by atoms with van der Waals surface area (Å²) in [6, 6.07) is 35.1. The van der Waals surface area contributed by atoms with Gasteiger partial charge in [-0.15, -0.1) is 0 Å². The Kier molecular flexibility index (Phi) is 5.96. The molecule has 3 heteroatoms. The molecule has 216 valence electrons. The van der Waals surface area contributed by atoms with Gasteiger partial charge >= 0.3 is 0 Å². The molecule has 3 nitrogen and oxygen atoms in total.